The zero-order valence-corrected chi connectivity index (χ0v) is 15.0. The summed E-state index contributed by atoms with van der Waals surface area (Å²) in [7, 11) is 0. The van der Waals surface area contributed by atoms with Gasteiger partial charge in [0.2, 0.25) is 0 Å². The molecule has 138 valence electrons. The second-order valence-electron chi connectivity index (χ2n) is 7.45. The molecule has 0 unspecified atom stereocenters. The van der Waals surface area contributed by atoms with E-state index in [1.807, 2.05) is 30.3 Å². The predicted octanol–water partition coefficient (Wildman–Crippen LogP) is 2.30. The third-order valence-electron chi connectivity index (χ3n) is 5.52. The number of urea groups is 1. The smallest absolute Gasteiger partial charge is 0.315 e. The molecule has 1 aliphatic carbocycles. The molecule has 2 amide bonds. The summed E-state index contributed by atoms with van der Waals surface area (Å²) in [5.74, 6) is 0. The molecule has 0 aromatic heterocycles. The van der Waals surface area contributed by atoms with Gasteiger partial charge in [0.1, 0.15) is 0 Å². The third-order valence-corrected chi connectivity index (χ3v) is 5.52. The SMILES string of the molecule is O=C(NC[C@@H](O)Cc1ccccc1)NC1CCN(C2CCCC2)CC1. The zero-order chi connectivity index (χ0) is 17.5. The summed E-state index contributed by atoms with van der Waals surface area (Å²) >= 11 is 0. The molecule has 1 saturated carbocycles. The molecule has 5 nitrogen and oxygen atoms in total. The molecule has 1 aromatic rings. The van der Waals surface area contributed by atoms with Gasteiger partial charge >= 0.3 is 6.03 Å². The van der Waals surface area contributed by atoms with Gasteiger partial charge in [-0.05, 0) is 31.2 Å². The Bertz CT molecular complexity index is 523. The average Bonchev–Trinajstić information content (AvgIpc) is 3.16. The fourth-order valence-electron chi connectivity index (χ4n) is 4.08. The van der Waals surface area contributed by atoms with Gasteiger partial charge in [-0.3, -0.25) is 0 Å². The number of carbonyl (C=O) groups excluding carboxylic acids is 1. The van der Waals surface area contributed by atoms with Gasteiger partial charge in [0.05, 0.1) is 6.10 Å². The van der Waals surface area contributed by atoms with E-state index in [1.54, 1.807) is 0 Å². The van der Waals surface area contributed by atoms with E-state index >= 15 is 0 Å². The molecule has 0 spiro atoms. The number of amides is 2. The van der Waals surface area contributed by atoms with Gasteiger partial charge in [-0.15, -0.1) is 0 Å². The maximum absolute atomic E-state index is 12.1. The monoisotopic (exact) mass is 345 g/mol. The van der Waals surface area contributed by atoms with Crippen molar-refractivity contribution in [1.29, 1.82) is 0 Å². The second kappa shape index (κ2) is 9.20. The summed E-state index contributed by atoms with van der Waals surface area (Å²) in [6.45, 7) is 2.46. The van der Waals surface area contributed by atoms with Crippen LogP contribution in [-0.2, 0) is 6.42 Å². The van der Waals surface area contributed by atoms with Crippen molar-refractivity contribution >= 4 is 6.03 Å². The van der Waals surface area contributed by atoms with Crippen LogP contribution in [0.15, 0.2) is 30.3 Å². The Labute approximate surface area is 150 Å². The minimum Gasteiger partial charge on any atom is -0.391 e. The quantitative estimate of drug-likeness (QED) is 0.741. The van der Waals surface area contributed by atoms with Crippen LogP contribution in [0.25, 0.3) is 0 Å². The first-order valence-electron chi connectivity index (χ1n) is 9.71. The Morgan fingerprint density at radius 2 is 1.80 bits per heavy atom. The summed E-state index contributed by atoms with van der Waals surface area (Å²) in [5.41, 5.74) is 1.08. The Kier molecular flexibility index (Phi) is 6.70. The fourth-order valence-corrected chi connectivity index (χ4v) is 4.08. The van der Waals surface area contributed by atoms with Gasteiger partial charge in [0, 0.05) is 38.1 Å². The van der Waals surface area contributed by atoms with Crippen LogP contribution in [0.4, 0.5) is 4.79 Å². The second-order valence-corrected chi connectivity index (χ2v) is 7.45. The van der Waals surface area contributed by atoms with E-state index < -0.39 is 6.10 Å². The first kappa shape index (κ1) is 18.2. The molecule has 1 atom stereocenters. The third kappa shape index (κ3) is 5.72. The molecular weight excluding hydrogens is 314 g/mol. The van der Waals surface area contributed by atoms with Crippen molar-refractivity contribution < 1.29 is 9.90 Å². The molecule has 0 bridgehead atoms. The van der Waals surface area contributed by atoms with E-state index in [1.165, 1.54) is 25.7 Å². The zero-order valence-electron chi connectivity index (χ0n) is 15.0. The maximum Gasteiger partial charge on any atom is 0.315 e. The van der Waals surface area contributed by atoms with Crippen molar-refractivity contribution in [3.63, 3.8) is 0 Å². The molecule has 2 fully saturated rings. The van der Waals surface area contributed by atoms with Gasteiger partial charge in [0.15, 0.2) is 0 Å². The fraction of sp³-hybridized carbons (Fsp3) is 0.650. The normalized spacial score (nSPS) is 21.2. The lowest BCUT2D eigenvalue weighted by molar-refractivity contribution is 0.143. The number of piperidine rings is 1. The summed E-state index contributed by atoms with van der Waals surface area (Å²) in [6, 6.07) is 10.7. The number of carbonyl (C=O) groups is 1. The molecule has 3 rings (SSSR count). The Morgan fingerprint density at radius 1 is 1.12 bits per heavy atom. The number of aliphatic hydroxyl groups is 1. The van der Waals surface area contributed by atoms with Crippen molar-refractivity contribution in [2.24, 2.45) is 0 Å². The largest absolute Gasteiger partial charge is 0.391 e. The average molecular weight is 345 g/mol. The lowest BCUT2D eigenvalue weighted by Gasteiger charge is -2.36. The number of rotatable bonds is 6. The summed E-state index contributed by atoms with van der Waals surface area (Å²) in [6.07, 6.45) is 7.48. The van der Waals surface area contributed by atoms with Crippen LogP contribution < -0.4 is 10.6 Å². The Morgan fingerprint density at radius 3 is 2.48 bits per heavy atom. The molecule has 1 heterocycles. The first-order valence-corrected chi connectivity index (χ1v) is 9.71. The van der Waals surface area contributed by atoms with Crippen molar-refractivity contribution in [3.8, 4) is 0 Å². The highest BCUT2D eigenvalue weighted by molar-refractivity contribution is 5.74. The number of nitrogens with one attached hydrogen (secondary N) is 2. The van der Waals surface area contributed by atoms with Crippen molar-refractivity contribution in [3.05, 3.63) is 35.9 Å². The molecule has 1 aromatic carbocycles. The topological polar surface area (TPSA) is 64.6 Å². The van der Waals surface area contributed by atoms with Crippen molar-refractivity contribution in [1.82, 2.24) is 15.5 Å². The number of nitrogens with zero attached hydrogens (tertiary/aromatic N) is 1. The van der Waals surface area contributed by atoms with Gasteiger partial charge < -0.3 is 20.6 Å². The highest BCUT2D eigenvalue weighted by atomic mass is 16.3. The Hall–Kier alpha value is -1.59. The van der Waals surface area contributed by atoms with E-state index in [-0.39, 0.29) is 18.6 Å². The van der Waals surface area contributed by atoms with E-state index in [0.717, 1.165) is 37.5 Å². The van der Waals surface area contributed by atoms with E-state index in [9.17, 15) is 9.90 Å². The van der Waals surface area contributed by atoms with Crippen molar-refractivity contribution in [2.75, 3.05) is 19.6 Å². The minimum absolute atomic E-state index is 0.161. The number of likely N-dealkylation sites (tertiary alicyclic amines) is 1. The van der Waals surface area contributed by atoms with Gasteiger partial charge in [0.25, 0.3) is 0 Å². The highest BCUT2D eigenvalue weighted by Crippen LogP contribution is 2.26. The molecule has 2 aliphatic rings. The lowest BCUT2D eigenvalue weighted by Crippen LogP contribution is -2.50. The van der Waals surface area contributed by atoms with Crippen molar-refractivity contribution in [2.45, 2.75) is 63.1 Å². The molecule has 3 N–H and O–H groups in total. The van der Waals surface area contributed by atoms with Crippen LogP contribution in [-0.4, -0.2) is 53.9 Å². The van der Waals surface area contributed by atoms with E-state index in [0.29, 0.717) is 6.42 Å². The molecule has 25 heavy (non-hydrogen) atoms. The Balaban J connectivity index is 1.31. The predicted molar refractivity (Wildman–Crippen MR) is 99.5 cm³/mol. The van der Waals surface area contributed by atoms with Gasteiger partial charge in [-0.25, -0.2) is 4.79 Å². The van der Waals surface area contributed by atoms with Crippen LogP contribution in [0.1, 0.15) is 44.1 Å². The standard InChI is InChI=1S/C20H31N3O2/c24-19(14-16-6-2-1-3-7-16)15-21-20(25)22-17-10-12-23(13-11-17)18-8-4-5-9-18/h1-3,6-7,17-19,24H,4-5,8-15H2,(H2,21,22,25)/t19-/m0/s1. The first-order chi connectivity index (χ1) is 12.2. The number of aliphatic hydroxyl groups excluding tert-OH is 1. The van der Waals surface area contributed by atoms with Crippen LogP contribution in [0.5, 0.6) is 0 Å². The number of hydrogen-bond donors (Lipinski definition) is 3. The van der Waals surface area contributed by atoms with E-state index in [2.05, 4.69) is 15.5 Å². The van der Waals surface area contributed by atoms with Crippen LogP contribution in [0, 0.1) is 0 Å². The van der Waals surface area contributed by atoms with Crippen LogP contribution in [0.2, 0.25) is 0 Å². The maximum atomic E-state index is 12.1. The molecular formula is C20H31N3O2. The van der Waals surface area contributed by atoms with Gasteiger partial charge in [-0.2, -0.15) is 0 Å². The lowest BCUT2D eigenvalue weighted by atomic mass is 10.0. The van der Waals surface area contributed by atoms with Gasteiger partial charge in [-0.1, -0.05) is 43.2 Å². The highest BCUT2D eigenvalue weighted by Gasteiger charge is 2.27. The van der Waals surface area contributed by atoms with Crippen LogP contribution in [0.3, 0.4) is 0 Å². The molecule has 1 saturated heterocycles. The minimum atomic E-state index is -0.558. The molecule has 5 heteroatoms. The summed E-state index contributed by atoms with van der Waals surface area (Å²) in [4.78, 5) is 14.7. The summed E-state index contributed by atoms with van der Waals surface area (Å²) in [5, 5.41) is 15.9. The van der Waals surface area contributed by atoms with Crippen LogP contribution >= 0.6 is 0 Å². The summed E-state index contributed by atoms with van der Waals surface area (Å²) < 4.78 is 0. The number of benzene rings is 1. The molecule has 0 radical (unpaired) electrons. The molecule has 1 aliphatic heterocycles. The number of hydrogen-bond acceptors (Lipinski definition) is 3. The van der Waals surface area contributed by atoms with E-state index in [4.69, 9.17) is 0 Å².